The van der Waals surface area contributed by atoms with Crippen LogP contribution in [0.25, 0.3) is 27.6 Å². The summed E-state index contributed by atoms with van der Waals surface area (Å²) in [5.74, 6) is 0.139. The van der Waals surface area contributed by atoms with Crippen molar-refractivity contribution in [1.29, 1.82) is 0 Å². The van der Waals surface area contributed by atoms with Crippen LogP contribution in [0.5, 0.6) is 11.5 Å². The zero-order valence-corrected chi connectivity index (χ0v) is 24.2. The third-order valence-electron chi connectivity index (χ3n) is 7.01. The highest BCUT2D eigenvalue weighted by molar-refractivity contribution is 8.18. The summed E-state index contributed by atoms with van der Waals surface area (Å²) in [6.45, 7) is 2.30. The van der Waals surface area contributed by atoms with E-state index in [4.69, 9.17) is 9.47 Å². The van der Waals surface area contributed by atoms with Crippen LogP contribution >= 0.6 is 11.8 Å². The Morgan fingerprint density at radius 2 is 1.58 bits per heavy atom. The summed E-state index contributed by atoms with van der Waals surface area (Å²) in [6.07, 6.45) is 1.63. The Labute approximate surface area is 253 Å². The number of ether oxygens (including phenoxy) is 2. The maximum absolute atomic E-state index is 13.1. The van der Waals surface area contributed by atoms with E-state index in [2.05, 4.69) is 29.6 Å². The van der Waals surface area contributed by atoms with E-state index in [0.29, 0.717) is 36.0 Å². The minimum Gasteiger partial charge on any atom is -0.490 e. The van der Waals surface area contributed by atoms with Gasteiger partial charge in [0.25, 0.3) is 11.1 Å². The molecule has 1 heterocycles. The molecule has 3 amide bonds. The summed E-state index contributed by atoms with van der Waals surface area (Å²) in [5, 5.41) is 6.50. The maximum atomic E-state index is 13.1. The lowest BCUT2D eigenvalue weighted by Crippen LogP contribution is -2.36. The van der Waals surface area contributed by atoms with Crippen molar-refractivity contribution in [2.24, 2.45) is 0 Å². The fourth-order valence-electron chi connectivity index (χ4n) is 4.95. The molecule has 1 aliphatic heterocycles. The molecule has 5 aromatic carbocycles. The third-order valence-corrected chi connectivity index (χ3v) is 7.92. The minimum absolute atomic E-state index is 0.232. The molecule has 43 heavy (non-hydrogen) atoms. The van der Waals surface area contributed by atoms with Crippen LogP contribution in [0.3, 0.4) is 0 Å². The van der Waals surface area contributed by atoms with Gasteiger partial charge in [0, 0.05) is 11.1 Å². The van der Waals surface area contributed by atoms with Crippen LogP contribution < -0.4 is 14.8 Å². The molecule has 0 atom stereocenters. The van der Waals surface area contributed by atoms with Crippen LogP contribution in [0.1, 0.15) is 18.1 Å². The third kappa shape index (κ3) is 6.24. The van der Waals surface area contributed by atoms with Gasteiger partial charge in [-0.1, -0.05) is 78.9 Å². The maximum Gasteiger partial charge on any atom is 0.294 e. The molecule has 0 aliphatic carbocycles. The lowest BCUT2D eigenvalue weighted by atomic mass is 10.1. The molecule has 8 heteroatoms. The zero-order valence-electron chi connectivity index (χ0n) is 23.4. The van der Waals surface area contributed by atoms with Gasteiger partial charge >= 0.3 is 0 Å². The normalized spacial score (nSPS) is 14.1. The van der Waals surface area contributed by atoms with E-state index in [0.717, 1.165) is 38.4 Å². The number of carbonyl (C=O) groups excluding carboxylic acids is 3. The smallest absolute Gasteiger partial charge is 0.294 e. The first kappa shape index (κ1) is 28.1. The van der Waals surface area contributed by atoms with Crippen molar-refractivity contribution in [1.82, 2.24) is 4.90 Å². The second kappa shape index (κ2) is 12.4. The number of carbonyl (C=O) groups is 3. The van der Waals surface area contributed by atoms with Crippen LogP contribution in [0.15, 0.2) is 108 Å². The standard InChI is InChI=1S/C35H28N2O5S/c1-2-41-31-19-23(15-17-30(31)42-22-24-14-16-25-8-3-4-10-27(25)18-24)20-32-34(39)37(35(40)43-32)21-33(38)36-29-13-7-11-26-9-5-6-12-28(26)29/h3-20H,2,21-22H2,1H3,(H,36,38)/b32-20+. The van der Waals surface area contributed by atoms with E-state index in [1.54, 1.807) is 30.3 Å². The monoisotopic (exact) mass is 588 g/mol. The van der Waals surface area contributed by atoms with E-state index in [9.17, 15) is 14.4 Å². The summed E-state index contributed by atoms with van der Waals surface area (Å²) in [7, 11) is 0. The number of hydrogen-bond donors (Lipinski definition) is 1. The van der Waals surface area contributed by atoms with Crippen molar-refractivity contribution in [3.63, 3.8) is 0 Å². The molecule has 1 N–H and O–H groups in total. The molecule has 0 saturated carbocycles. The molecule has 0 radical (unpaired) electrons. The van der Waals surface area contributed by atoms with E-state index < -0.39 is 17.1 Å². The first-order valence-corrected chi connectivity index (χ1v) is 14.7. The van der Waals surface area contributed by atoms with E-state index in [-0.39, 0.29) is 11.4 Å². The summed E-state index contributed by atoms with van der Waals surface area (Å²) < 4.78 is 11.9. The van der Waals surface area contributed by atoms with E-state index in [1.165, 1.54) is 5.39 Å². The Morgan fingerprint density at radius 3 is 2.42 bits per heavy atom. The largest absolute Gasteiger partial charge is 0.490 e. The predicted octanol–water partition coefficient (Wildman–Crippen LogP) is 7.65. The highest BCUT2D eigenvalue weighted by atomic mass is 32.2. The molecule has 0 bridgehead atoms. The second-order valence-corrected chi connectivity index (χ2v) is 10.9. The van der Waals surface area contributed by atoms with Crippen molar-refractivity contribution in [2.75, 3.05) is 18.5 Å². The molecule has 214 valence electrons. The highest BCUT2D eigenvalue weighted by Gasteiger charge is 2.36. The molecule has 1 fully saturated rings. The van der Waals surface area contributed by atoms with E-state index in [1.807, 2.05) is 61.5 Å². The molecular weight excluding hydrogens is 560 g/mol. The van der Waals surface area contributed by atoms with Gasteiger partial charge in [0.2, 0.25) is 5.91 Å². The van der Waals surface area contributed by atoms with Crippen LogP contribution in [0.4, 0.5) is 10.5 Å². The molecular formula is C35H28N2O5S. The Morgan fingerprint density at radius 1 is 0.814 bits per heavy atom. The van der Waals surface area contributed by atoms with Crippen molar-refractivity contribution in [2.45, 2.75) is 13.5 Å². The number of rotatable bonds is 9. The van der Waals surface area contributed by atoms with Crippen LogP contribution in [-0.4, -0.2) is 35.1 Å². The number of nitrogens with one attached hydrogen (secondary N) is 1. The predicted molar refractivity (Wildman–Crippen MR) is 171 cm³/mol. The van der Waals surface area contributed by atoms with Gasteiger partial charge in [-0.15, -0.1) is 0 Å². The first-order chi connectivity index (χ1) is 21.0. The van der Waals surface area contributed by atoms with Crippen molar-refractivity contribution < 1.29 is 23.9 Å². The molecule has 6 rings (SSSR count). The van der Waals surface area contributed by atoms with Crippen molar-refractivity contribution >= 4 is 62.1 Å². The number of thioether (sulfide) groups is 1. The summed E-state index contributed by atoms with van der Waals surface area (Å²) >= 11 is 0.806. The van der Waals surface area contributed by atoms with Crippen LogP contribution in [0.2, 0.25) is 0 Å². The summed E-state index contributed by atoms with van der Waals surface area (Å²) in [4.78, 5) is 39.9. The van der Waals surface area contributed by atoms with Gasteiger partial charge in [0.1, 0.15) is 13.2 Å². The molecule has 1 aliphatic rings. The van der Waals surface area contributed by atoms with Gasteiger partial charge in [-0.2, -0.15) is 0 Å². The minimum atomic E-state index is -0.516. The lowest BCUT2D eigenvalue weighted by Gasteiger charge is -2.14. The second-order valence-electron chi connectivity index (χ2n) is 9.95. The van der Waals surface area contributed by atoms with E-state index >= 15 is 0 Å². The van der Waals surface area contributed by atoms with Gasteiger partial charge < -0.3 is 14.8 Å². The van der Waals surface area contributed by atoms with Gasteiger partial charge in [-0.05, 0) is 76.3 Å². The van der Waals surface area contributed by atoms with Gasteiger partial charge in [0.15, 0.2) is 11.5 Å². The number of amides is 3. The zero-order chi connectivity index (χ0) is 29.8. The SMILES string of the molecule is CCOc1cc(/C=C2/SC(=O)N(CC(=O)Nc3cccc4ccccc34)C2=O)ccc1OCc1ccc2ccccc2c1. The summed E-state index contributed by atoms with van der Waals surface area (Å²) in [5.41, 5.74) is 2.33. The number of hydrogen-bond acceptors (Lipinski definition) is 6. The van der Waals surface area contributed by atoms with Crippen LogP contribution in [-0.2, 0) is 16.2 Å². The fraction of sp³-hybridized carbons (Fsp3) is 0.114. The lowest BCUT2D eigenvalue weighted by molar-refractivity contribution is -0.127. The Kier molecular flexibility index (Phi) is 8.11. The molecule has 0 spiro atoms. The Bertz CT molecular complexity index is 1900. The molecule has 1 saturated heterocycles. The van der Waals surface area contributed by atoms with Gasteiger partial charge in [-0.25, -0.2) is 0 Å². The summed E-state index contributed by atoms with van der Waals surface area (Å²) in [6, 6.07) is 33.0. The Hall–Kier alpha value is -5.08. The first-order valence-electron chi connectivity index (χ1n) is 13.9. The number of fused-ring (bicyclic) bond motifs is 2. The Balaban J connectivity index is 1.14. The van der Waals surface area contributed by atoms with Gasteiger partial charge in [0.05, 0.1) is 11.5 Å². The van der Waals surface area contributed by atoms with Crippen LogP contribution in [0, 0.1) is 0 Å². The average Bonchev–Trinajstić information content (AvgIpc) is 3.28. The molecule has 0 aromatic heterocycles. The molecule has 0 unspecified atom stereocenters. The number of imide groups is 1. The average molecular weight is 589 g/mol. The topological polar surface area (TPSA) is 84.9 Å². The number of anilines is 1. The molecule has 7 nitrogen and oxygen atoms in total. The highest BCUT2D eigenvalue weighted by Crippen LogP contribution is 2.35. The number of benzene rings is 5. The van der Waals surface area contributed by atoms with Gasteiger partial charge in [-0.3, -0.25) is 19.3 Å². The quantitative estimate of drug-likeness (QED) is 0.178. The van der Waals surface area contributed by atoms with Crippen molar-refractivity contribution in [3.8, 4) is 11.5 Å². The number of nitrogens with zero attached hydrogens (tertiary/aromatic N) is 1. The fourth-order valence-corrected chi connectivity index (χ4v) is 5.79. The van der Waals surface area contributed by atoms with Crippen molar-refractivity contribution in [3.05, 3.63) is 119 Å². The molecule has 5 aromatic rings.